The summed E-state index contributed by atoms with van der Waals surface area (Å²) in [5.74, 6) is -0.511. The lowest BCUT2D eigenvalue weighted by Crippen LogP contribution is -1.86. The Morgan fingerprint density at radius 3 is 2.50 bits per heavy atom. The van der Waals surface area contributed by atoms with Crippen LogP contribution < -0.4 is 0 Å². The Balaban J connectivity index is 4.35. The van der Waals surface area contributed by atoms with E-state index in [2.05, 4.69) is 27.5 Å². The number of aliphatic imine (C=N–C) groups is 1. The van der Waals surface area contributed by atoms with Crippen LogP contribution in [0.4, 0.5) is 4.39 Å². The highest BCUT2D eigenvalue weighted by Crippen LogP contribution is 2.11. The fourth-order valence-electron chi connectivity index (χ4n) is 0.383. The SMILES string of the molecule is C=C(C)/C=C(/Br)C(F)=NC. The first-order valence-electron chi connectivity index (χ1n) is 2.73. The van der Waals surface area contributed by atoms with Gasteiger partial charge in [-0.25, -0.2) is 0 Å². The van der Waals surface area contributed by atoms with Crippen LogP contribution in [-0.4, -0.2) is 13.0 Å². The molecule has 0 saturated carbocycles. The molecule has 0 unspecified atom stereocenters. The predicted molar refractivity (Wildman–Crippen MR) is 46.3 cm³/mol. The molecule has 0 saturated heterocycles. The van der Waals surface area contributed by atoms with E-state index < -0.39 is 5.97 Å². The van der Waals surface area contributed by atoms with Crippen molar-refractivity contribution >= 4 is 21.9 Å². The van der Waals surface area contributed by atoms with Gasteiger partial charge in [0.1, 0.15) is 0 Å². The van der Waals surface area contributed by atoms with Crippen LogP contribution in [0.1, 0.15) is 6.92 Å². The van der Waals surface area contributed by atoms with Gasteiger partial charge in [-0.3, -0.25) is 4.99 Å². The van der Waals surface area contributed by atoms with Crippen molar-refractivity contribution < 1.29 is 4.39 Å². The summed E-state index contributed by atoms with van der Waals surface area (Å²) in [5, 5.41) is 0. The van der Waals surface area contributed by atoms with Gasteiger partial charge in [0.2, 0.25) is 5.97 Å². The Bertz CT molecular complexity index is 194. The molecule has 0 amide bonds. The first-order chi connectivity index (χ1) is 4.57. The minimum atomic E-state index is -0.511. The van der Waals surface area contributed by atoms with E-state index in [0.29, 0.717) is 4.48 Å². The lowest BCUT2D eigenvalue weighted by molar-refractivity contribution is 0.807. The van der Waals surface area contributed by atoms with Gasteiger partial charge >= 0.3 is 0 Å². The predicted octanol–water partition coefficient (Wildman–Crippen LogP) is 2.84. The number of halogens is 2. The van der Waals surface area contributed by atoms with Crippen molar-refractivity contribution in [1.82, 2.24) is 0 Å². The summed E-state index contributed by atoms with van der Waals surface area (Å²) in [5.41, 5.74) is 0.783. The molecule has 0 aliphatic heterocycles. The standard InChI is InChI=1S/C7H9BrFN/c1-5(2)4-6(8)7(9)10-3/h4H,1H2,2-3H3/b6-4+,10-7?. The molecule has 0 bridgehead atoms. The minimum absolute atomic E-state index is 0.336. The number of hydrogen-bond donors (Lipinski definition) is 0. The second-order valence-electron chi connectivity index (χ2n) is 1.85. The van der Waals surface area contributed by atoms with Crippen LogP contribution in [0, 0.1) is 0 Å². The van der Waals surface area contributed by atoms with Crippen LogP contribution in [0.5, 0.6) is 0 Å². The van der Waals surface area contributed by atoms with Gasteiger partial charge in [-0.2, -0.15) is 4.39 Å². The lowest BCUT2D eigenvalue weighted by atomic mass is 10.3. The van der Waals surface area contributed by atoms with Crippen molar-refractivity contribution in [3.8, 4) is 0 Å². The molecule has 10 heavy (non-hydrogen) atoms. The molecule has 0 N–H and O–H groups in total. The molecule has 0 aromatic rings. The van der Waals surface area contributed by atoms with E-state index in [1.165, 1.54) is 7.05 Å². The molecule has 0 spiro atoms. The van der Waals surface area contributed by atoms with E-state index in [0.717, 1.165) is 5.57 Å². The molecule has 56 valence electrons. The highest BCUT2D eigenvalue weighted by atomic mass is 79.9. The van der Waals surface area contributed by atoms with E-state index in [4.69, 9.17) is 0 Å². The van der Waals surface area contributed by atoms with Gasteiger partial charge in [0.25, 0.3) is 0 Å². The fraction of sp³-hybridized carbons (Fsp3) is 0.286. The zero-order valence-corrected chi connectivity index (χ0v) is 7.57. The topological polar surface area (TPSA) is 12.4 Å². The number of nitrogens with zero attached hydrogens (tertiary/aromatic N) is 1. The first-order valence-corrected chi connectivity index (χ1v) is 3.52. The second-order valence-corrected chi connectivity index (χ2v) is 2.71. The average Bonchev–Trinajstić information content (AvgIpc) is 1.85. The summed E-state index contributed by atoms with van der Waals surface area (Å²) in [6.07, 6.45) is 1.57. The Morgan fingerprint density at radius 1 is 1.70 bits per heavy atom. The maximum absolute atomic E-state index is 12.5. The zero-order valence-electron chi connectivity index (χ0n) is 5.99. The van der Waals surface area contributed by atoms with Crippen LogP contribution >= 0.6 is 15.9 Å². The third-order valence-corrected chi connectivity index (χ3v) is 1.32. The van der Waals surface area contributed by atoms with Crippen LogP contribution in [-0.2, 0) is 0 Å². The lowest BCUT2D eigenvalue weighted by Gasteiger charge is -1.91. The Morgan fingerprint density at radius 2 is 2.20 bits per heavy atom. The largest absolute Gasteiger partial charge is 0.260 e. The maximum atomic E-state index is 12.5. The molecule has 0 radical (unpaired) electrons. The van der Waals surface area contributed by atoms with Gasteiger partial charge < -0.3 is 0 Å². The average molecular weight is 206 g/mol. The Labute approximate surface area is 68.5 Å². The van der Waals surface area contributed by atoms with Gasteiger partial charge in [0, 0.05) is 7.05 Å². The van der Waals surface area contributed by atoms with Gasteiger partial charge in [-0.05, 0) is 28.9 Å². The highest BCUT2D eigenvalue weighted by Gasteiger charge is 1.98. The summed E-state index contributed by atoms with van der Waals surface area (Å²) < 4.78 is 12.8. The van der Waals surface area contributed by atoms with Crippen molar-refractivity contribution in [2.24, 2.45) is 4.99 Å². The molecule has 0 aromatic heterocycles. The summed E-state index contributed by atoms with van der Waals surface area (Å²) in [7, 11) is 1.39. The van der Waals surface area contributed by atoms with E-state index in [-0.39, 0.29) is 0 Å². The number of allylic oxidation sites excluding steroid dienone is 3. The van der Waals surface area contributed by atoms with E-state index in [1.807, 2.05) is 0 Å². The summed E-state index contributed by atoms with van der Waals surface area (Å²) >= 11 is 3.00. The first kappa shape index (κ1) is 9.56. The smallest absolute Gasteiger partial charge is 0.222 e. The molecule has 0 rings (SSSR count). The Kier molecular flexibility index (Phi) is 4.19. The van der Waals surface area contributed by atoms with Crippen molar-refractivity contribution in [3.63, 3.8) is 0 Å². The summed E-state index contributed by atoms with van der Waals surface area (Å²) in [6.45, 7) is 5.37. The van der Waals surface area contributed by atoms with E-state index in [1.54, 1.807) is 13.0 Å². The number of hydrogen-bond acceptors (Lipinski definition) is 1. The second kappa shape index (κ2) is 4.39. The maximum Gasteiger partial charge on any atom is 0.222 e. The van der Waals surface area contributed by atoms with Crippen LogP contribution in [0.2, 0.25) is 0 Å². The van der Waals surface area contributed by atoms with Crippen molar-refractivity contribution in [1.29, 1.82) is 0 Å². The molecule has 0 aliphatic carbocycles. The van der Waals surface area contributed by atoms with Gasteiger partial charge in [0.05, 0.1) is 4.48 Å². The molecular formula is C7H9BrFN. The quantitative estimate of drug-likeness (QED) is 0.486. The van der Waals surface area contributed by atoms with Crippen molar-refractivity contribution in [2.75, 3.05) is 7.05 Å². The monoisotopic (exact) mass is 205 g/mol. The molecule has 1 nitrogen and oxygen atoms in total. The van der Waals surface area contributed by atoms with E-state index >= 15 is 0 Å². The minimum Gasteiger partial charge on any atom is -0.260 e. The van der Waals surface area contributed by atoms with Crippen LogP contribution in [0.15, 0.2) is 27.7 Å². The van der Waals surface area contributed by atoms with Crippen molar-refractivity contribution in [2.45, 2.75) is 6.92 Å². The van der Waals surface area contributed by atoms with Gasteiger partial charge in [0.15, 0.2) is 0 Å². The molecule has 0 aliphatic rings. The zero-order chi connectivity index (χ0) is 8.15. The summed E-state index contributed by atoms with van der Waals surface area (Å²) in [6, 6.07) is 0. The third kappa shape index (κ3) is 3.56. The van der Waals surface area contributed by atoms with Gasteiger partial charge in [-0.1, -0.05) is 12.2 Å². The van der Waals surface area contributed by atoms with Crippen molar-refractivity contribution in [3.05, 3.63) is 22.7 Å². The molecular weight excluding hydrogens is 197 g/mol. The molecule has 0 heterocycles. The normalized spacial score (nSPS) is 13.6. The molecule has 0 fully saturated rings. The highest BCUT2D eigenvalue weighted by molar-refractivity contribution is 9.12. The molecule has 3 heteroatoms. The Hall–Kier alpha value is -0.440. The van der Waals surface area contributed by atoms with Crippen LogP contribution in [0.3, 0.4) is 0 Å². The van der Waals surface area contributed by atoms with Gasteiger partial charge in [-0.15, -0.1) is 0 Å². The fourth-order valence-corrected chi connectivity index (χ4v) is 0.951. The number of rotatable bonds is 2. The van der Waals surface area contributed by atoms with Crippen LogP contribution in [0.25, 0.3) is 0 Å². The molecule has 0 aromatic carbocycles. The van der Waals surface area contributed by atoms with E-state index in [9.17, 15) is 4.39 Å². The summed E-state index contributed by atoms with van der Waals surface area (Å²) in [4.78, 5) is 3.34. The molecule has 0 atom stereocenters. The third-order valence-electron chi connectivity index (χ3n) is 0.767.